The van der Waals surface area contributed by atoms with Gasteiger partial charge in [-0.2, -0.15) is 0 Å². The van der Waals surface area contributed by atoms with Crippen LogP contribution in [0.3, 0.4) is 0 Å². The summed E-state index contributed by atoms with van der Waals surface area (Å²) < 4.78 is 24.1. The molecular formula is C15H18FNO2. The van der Waals surface area contributed by atoms with Crippen LogP contribution < -0.4 is 10.1 Å². The first-order valence-electron chi connectivity index (χ1n) is 6.37. The number of methoxy groups -OCH3 is 1. The largest absolute Gasteiger partial charge is 0.494 e. The molecule has 19 heavy (non-hydrogen) atoms. The van der Waals surface area contributed by atoms with Crippen LogP contribution in [0.1, 0.15) is 19.1 Å². The fourth-order valence-electron chi connectivity index (χ4n) is 1.95. The normalized spacial score (nSPS) is 10.7. The summed E-state index contributed by atoms with van der Waals surface area (Å²) in [6.45, 7) is 3.68. The van der Waals surface area contributed by atoms with E-state index in [0.717, 1.165) is 29.9 Å². The third-order valence-electron chi connectivity index (χ3n) is 2.92. The minimum absolute atomic E-state index is 0.248. The predicted molar refractivity (Wildman–Crippen MR) is 72.7 cm³/mol. The highest BCUT2D eigenvalue weighted by molar-refractivity contribution is 5.66. The highest BCUT2D eigenvalue weighted by atomic mass is 19.1. The third kappa shape index (κ3) is 3.15. The fraction of sp³-hybridized carbons (Fsp3) is 0.333. The summed E-state index contributed by atoms with van der Waals surface area (Å²) in [5, 5.41) is 3.27. The van der Waals surface area contributed by atoms with Crippen LogP contribution >= 0.6 is 0 Å². The van der Waals surface area contributed by atoms with Gasteiger partial charge in [-0.05, 0) is 36.7 Å². The van der Waals surface area contributed by atoms with E-state index in [1.54, 1.807) is 12.3 Å². The van der Waals surface area contributed by atoms with Crippen LogP contribution in [0.25, 0.3) is 11.1 Å². The van der Waals surface area contributed by atoms with Crippen LogP contribution in [0.2, 0.25) is 0 Å². The molecule has 1 N–H and O–H groups in total. The smallest absolute Gasteiger partial charge is 0.165 e. The molecule has 0 aliphatic heterocycles. The number of ether oxygens (including phenoxy) is 1. The maximum absolute atomic E-state index is 13.7. The zero-order valence-electron chi connectivity index (χ0n) is 11.2. The summed E-state index contributed by atoms with van der Waals surface area (Å²) in [7, 11) is 1.45. The van der Waals surface area contributed by atoms with E-state index in [1.165, 1.54) is 13.2 Å². The lowest BCUT2D eigenvalue weighted by atomic mass is 10.1. The van der Waals surface area contributed by atoms with Gasteiger partial charge in [0, 0.05) is 5.56 Å². The van der Waals surface area contributed by atoms with E-state index < -0.39 is 0 Å². The lowest BCUT2D eigenvalue weighted by Gasteiger charge is -2.06. The molecule has 0 radical (unpaired) electrons. The fourth-order valence-corrected chi connectivity index (χ4v) is 1.95. The quantitative estimate of drug-likeness (QED) is 0.809. The number of hydrogen-bond donors (Lipinski definition) is 1. The highest BCUT2D eigenvalue weighted by Gasteiger charge is 2.11. The van der Waals surface area contributed by atoms with Gasteiger partial charge in [0.15, 0.2) is 11.6 Å². The Morgan fingerprint density at radius 3 is 2.84 bits per heavy atom. The van der Waals surface area contributed by atoms with Crippen molar-refractivity contribution in [1.29, 1.82) is 0 Å². The summed E-state index contributed by atoms with van der Waals surface area (Å²) >= 11 is 0. The van der Waals surface area contributed by atoms with E-state index in [1.807, 2.05) is 12.1 Å². The minimum Gasteiger partial charge on any atom is -0.494 e. The first kappa shape index (κ1) is 13.6. The van der Waals surface area contributed by atoms with E-state index in [-0.39, 0.29) is 11.6 Å². The average Bonchev–Trinajstić information content (AvgIpc) is 2.87. The van der Waals surface area contributed by atoms with Crippen LogP contribution in [0, 0.1) is 5.82 Å². The second kappa shape index (κ2) is 6.38. The lowest BCUT2D eigenvalue weighted by Crippen LogP contribution is -2.13. The molecule has 0 aliphatic carbocycles. The Morgan fingerprint density at radius 2 is 2.16 bits per heavy atom. The van der Waals surface area contributed by atoms with Crippen molar-refractivity contribution in [3.8, 4) is 16.9 Å². The molecule has 0 amide bonds. The van der Waals surface area contributed by atoms with Crippen molar-refractivity contribution in [3.05, 3.63) is 42.1 Å². The van der Waals surface area contributed by atoms with Crippen molar-refractivity contribution in [1.82, 2.24) is 5.32 Å². The molecule has 0 fully saturated rings. The molecular weight excluding hydrogens is 245 g/mol. The van der Waals surface area contributed by atoms with Crippen molar-refractivity contribution in [3.63, 3.8) is 0 Å². The van der Waals surface area contributed by atoms with Gasteiger partial charge in [0.05, 0.1) is 19.9 Å². The van der Waals surface area contributed by atoms with Crippen molar-refractivity contribution in [2.24, 2.45) is 0 Å². The average molecular weight is 263 g/mol. The maximum Gasteiger partial charge on any atom is 0.165 e. The van der Waals surface area contributed by atoms with Crippen LogP contribution in [-0.2, 0) is 6.54 Å². The van der Waals surface area contributed by atoms with Gasteiger partial charge in [-0.3, -0.25) is 0 Å². The van der Waals surface area contributed by atoms with Crippen molar-refractivity contribution in [2.45, 2.75) is 19.9 Å². The summed E-state index contributed by atoms with van der Waals surface area (Å²) in [4.78, 5) is 0. The number of furan rings is 1. The molecule has 102 valence electrons. The molecule has 0 aliphatic rings. The Hall–Kier alpha value is -1.81. The molecule has 0 bridgehead atoms. The van der Waals surface area contributed by atoms with Gasteiger partial charge in [0.1, 0.15) is 5.76 Å². The zero-order valence-corrected chi connectivity index (χ0v) is 11.2. The summed E-state index contributed by atoms with van der Waals surface area (Å²) in [5.41, 5.74) is 1.70. The van der Waals surface area contributed by atoms with Crippen molar-refractivity contribution in [2.75, 3.05) is 13.7 Å². The first-order chi connectivity index (χ1) is 9.26. The summed E-state index contributed by atoms with van der Waals surface area (Å²) in [5.74, 6) is 0.699. The first-order valence-corrected chi connectivity index (χ1v) is 6.37. The Kier molecular flexibility index (Phi) is 4.58. The number of benzene rings is 1. The van der Waals surface area contributed by atoms with Crippen LogP contribution in [0.15, 0.2) is 34.9 Å². The molecule has 2 rings (SSSR count). The van der Waals surface area contributed by atoms with Crippen LogP contribution in [-0.4, -0.2) is 13.7 Å². The topological polar surface area (TPSA) is 34.4 Å². The number of halogens is 1. The standard InChI is InChI=1S/C15H18FNO2/c1-3-7-17-10-15-12(6-8-19-15)11-4-5-14(18-2)13(16)9-11/h4-6,8-9,17H,3,7,10H2,1-2H3. The van der Waals surface area contributed by atoms with E-state index >= 15 is 0 Å². The lowest BCUT2D eigenvalue weighted by molar-refractivity contribution is 0.386. The monoisotopic (exact) mass is 263 g/mol. The van der Waals surface area contributed by atoms with E-state index in [9.17, 15) is 4.39 Å². The molecule has 3 nitrogen and oxygen atoms in total. The van der Waals surface area contributed by atoms with Gasteiger partial charge < -0.3 is 14.5 Å². The predicted octanol–water partition coefficient (Wildman–Crippen LogP) is 3.59. The third-order valence-corrected chi connectivity index (χ3v) is 2.92. The molecule has 4 heteroatoms. The van der Waals surface area contributed by atoms with Gasteiger partial charge in [-0.25, -0.2) is 4.39 Å². The molecule has 0 atom stereocenters. The summed E-state index contributed by atoms with van der Waals surface area (Å²) in [6, 6.07) is 6.77. The molecule has 1 aromatic carbocycles. The zero-order chi connectivity index (χ0) is 13.7. The van der Waals surface area contributed by atoms with Gasteiger partial charge >= 0.3 is 0 Å². The maximum atomic E-state index is 13.7. The minimum atomic E-state index is -0.367. The van der Waals surface area contributed by atoms with Crippen LogP contribution in [0.5, 0.6) is 5.75 Å². The van der Waals surface area contributed by atoms with Crippen molar-refractivity contribution >= 4 is 0 Å². The Bertz CT molecular complexity index is 537. The van der Waals surface area contributed by atoms with Gasteiger partial charge in [-0.1, -0.05) is 13.0 Å². The van der Waals surface area contributed by atoms with Crippen molar-refractivity contribution < 1.29 is 13.5 Å². The van der Waals surface area contributed by atoms with Gasteiger partial charge in [0.2, 0.25) is 0 Å². The van der Waals surface area contributed by atoms with E-state index in [0.29, 0.717) is 6.54 Å². The molecule has 0 spiro atoms. The number of nitrogens with one attached hydrogen (secondary N) is 1. The van der Waals surface area contributed by atoms with Gasteiger partial charge in [0.25, 0.3) is 0 Å². The molecule has 0 saturated heterocycles. The Balaban J connectivity index is 2.22. The van der Waals surface area contributed by atoms with E-state index in [4.69, 9.17) is 9.15 Å². The molecule has 2 aromatic rings. The van der Waals surface area contributed by atoms with Crippen LogP contribution in [0.4, 0.5) is 4.39 Å². The number of rotatable bonds is 6. The molecule has 1 heterocycles. The van der Waals surface area contributed by atoms with Gasteiger partial charge in [-0.15, -0.1) is 0 Å². The molecule has 0 saturated carbocycles. The highest BCUT2D eigenvalue weighted by Crippen LogP contribution is 2.28. The Morgan fingerprint density at radius 1 is 1.32 bits per heavy atom. The Labute approximate surface area is 112 Å². The van der Waals surface area contributed by atoms with E-state index in [2.05, 4.69) is 12.2 Å². The second-order valence-electron chi connectivity index (χ2n) is 4.28. The SMILES string of the molecule is CCCNCc1occc1-c1ccc(OC)c(F)c1. The second-order valence-corrected chi connectivity index (χ2v) is 4.28. The number of hydrogen-bond acceptors (Lipinski definition) is 3. The molecule has 0 unspecified atom stereocenters. The summed E-state index contributed by atoms with van der Waals surface area (Å²) in [6.07, 6.45) is 2.69. The molecule has 1 aromatic heterocycles.